The van der Waals surface area contributed by atoms with Crippen LogP contribution >= 0.6 is 0 Å². The van der Waals surface area contributed by atoms with Crippen molar-refractivity contribution in [3.8, 4) is 11.4 Å². The van der Waals surface area contributed by atoms with E-state index >= 15 is 0 Å². The number of H-pyrrole nitrogens is 1. The highest BCUT2D eigenvalue weighted by Crippen LogP contribution is 2.35. The largest absolute Gasteiger partial charge is 0.264 e. The van der Waals surface area contributed by atoms with Crippen LogP contribution in [-0.4, -0.2) is 39.4 Å². The number of rotatable bonds is 4. The van der Waals surface area contributed by atoms with E-state index in [0.29, 0.717) is 29.5 Å². The van der Waals surface area contributed by atoms with Gasteiger partial charge in [0.1, 0.15) is 5.82 Å². The van der Waals surface area contributed by atoms with Crippen molar-refractivity contribution < 1.29 is 8.42 Å². The molecule has 1 aliphatic heterocycles. The number of sulfonamides is 1. The van der Waals surface area contributed by atoms with Gasteiger partial charge in [-0.3, -0.25) is 10.1 Å². The average Bonchev–Trinajstić information content (AvgIpc) is 3.19. The zero-order valence-electron chi connectivity index (χ0n) is 15.0. The van der Waals surface area contributed by atoms with Crippen molar-refractivity contribution in [1.82, 2.24) is 24.5 Å². The van der Waals surface area contributed by atoms with Crippen LogP contribution in [0.25, 0.3) is 11.4 Å². The first-order valence-electron chi connectivity index (χ1n) is 8.97. The second kappa shape index (κ2) is 7.21. The molecule has 7 nitrogen and oxygen atoms in total. The summed E-state index contributed by atoms with van der Waals surface area (Å²) in [6.07, 6.45) is 5.88. The monoisotopic (exact) mass is 383 g/mol. The van der Waals surface area contributed by atoms with Crippen LogP contribution in [0.4, 0.5) is 0 Å². The van der Waals surface area contributed by atoms with Gasteiger partial charge in [0.15, 0.2) is 5.82 Å². The molecule has 1 atom stereocenters. The highest BCUT2D eigenvalue weighted by Gasteiger charge is 2.36. The minimum absolute atomic E-state index is 0.346. The summed E-state index contributed by atoms with van der Waals surface area (Å²) < 4.78 is 28.2. The summed E-state index contributed by atoms with van der Waals surface area (Å²) in [5, 5.41) is 7.22. The van der Waals surface area contributed by atoms with Gasteiger partial charge in [0, 0.05) is 24.5 Å². The van der Waals surface area contributed by atoms with Gasteiger partial charge in [-0.2, -0.15) is 9.40 Å². The molecule has 0 aliphatic carbocycles. The minimum Gasteiger partial charge on any atom is -0.264 e. The summed E-state index contributed by atoms with van der Waals surface area (Å²) in [7, 11) is -3.61. The summed E-state index contributed by atoms with van der Waals surface area (Å²) in [4.78, 5) is 9.01. The summed E-state index contributed by atoms with van der Waals surface area (Å²) in [5.74, 6) is 1.10. The van der Waals surface area contributed by atoms with Gasteiger partial charge in [-0.1, -0.05) is 24.6 Å². The molecule has 1 fully saturated rings. The van der Waals surface area contributed by atoms with Crippen molar-refractivity contribution in [1.29, 1.82) is 0 Å². The van der Waals surface area contributed by atoms with Crippen LogP contribution in [-0.2, 0) is 10.0 Å². The molecule has 8 heteroatoms. The third-order valence-corrected chi connectivity index (χ3v) is 6.94. The summed E-state index contributed by atoms with van der Waals surface area (Å²) in [5.41, 5.74) is 1.54. The van der Waals surface area contributed by atoms with Crippen LogP contribution in [0.5, 0.6) is 0 Å². The normalized spacial score (nSPS) is 18.5. The maximum Gasteiger partial charge on any atom is 0.244 e. The van der Waals surface area contributed by atoms with Gasteiger partial charge in [-0.05, 0) is 43.5 Å². The Morgan fingerprint density at radius 3 is 2.78 bits per heavy atom. The number of hydrogen-bond donors (Lipinski definition) is 1. The van der Waals surface area contributed by atoms with E-state index in [4.69, 9.17) is 0 Å². The van der Waals surface area contributed by atoms with E-state index in [0.717, 1.165) is 24.0 Å². The smallest absolute Gasteiger partial charge is 0.244 e. The molecule has 0 spiro atoms. The van der Waals surface area contributed by atoms with Crippen molar-refractivity contribution >= 4 is 10.0 Å². The predicted octanol–water partition coefficient (Wildman–Crippen LogP) is 3.09. The number of aromatic nitrogens is 4. The lowest BCUT2D eigenvalue weighted by atomic mass is 10.0. The van der Waals surface area contributed by atoms with Crippen molar-refractivity contribution in [2.24, 2.45) is 0 Å². The predicted molar refractivity (Wildman–Crippen MR) is 101 cm³/mol. The maximum absolute atomic E-state index is 13.3. The molecule has 140 valence electrons. The molecule has 3 heterocycles. The number of nitrogens with one attached hydrogen (secondary N) is 1. The fourth-order valence-corrected chi connectivity index (χ4v) is 5.37. The highest BCUT2D eigenvalue weighted by atomic mass is 32.2. The van der Waals surface area contributed by atoms with Crippen LogP contribution < -0.4 is 0 Å². The quantitative estimate of drug-likeness (QED) is 0.747. The molecule has 2 aromatic heterocycles. The first kappa shape index (κ1) is 17.8. The van der Waals surface area contributed by atoms with Crippen molar-refractivity contribution in [2.45, 2.75) is 37.1 Å². The Balaban J connectivity index is 1.70. The molecule has 1 aromatic carbocycles. The molecule has 0 saturated carbocycles. The molecule has 0 amide bonds. The Labute approximate surface area is 158 Å². The topological polar surface area (TPSA) is 91.8 Å². The van der Waals surface area contributed by atoms with Crippen LogP contribution in [0.15, 0.2) is 53.7 Å². The molecular formula is C19H21N5O2S. The van der Waals surface area contributed by atoms with E-state index < -0.39 is 10.0 Å². The molecule has 1 saturated heterocycles. The van der Waals surface area contributed by atoms with Crippen molar-refractivity contribution in [2.75, 3.05) is 6.54 Å². The van der Waals surface area contributed by atoms with E-state index in [1.54, 1.807) is 28.8 Å². The van der Waals surface area contributed by atoms with E-state index in [9.17, 15) is 8.42 Å². The highest BCUT2D eigenvalue weighted by molar-refractivity contribution is 7.89. The first-order valence-corrected chi connectivity index (χ1v) is 10.4. The number of aryl methyl sites for hydroxylation is 1. The average molecular weight is 383 g/mol. The third kappa shape index (κ3) is 3.38. The van der Waals surface area contributed by atoms with E-state index in [-0.39, 0.29) is 6.04 Å². The summed E-state index contributed by atoms with van der Waals surface area (Å²) in [6, 6.07) is 10.4. The number of hydrogen-bond acceptors (Lipinski definition) is 5. The Morgan fingerprint density at radius 2 is 2.00 bits per heavy atom. The molecule has 0 radical (unpaired) electrons. The number of aromatic amines is 1. The van der Waals surface area contributed by atoms with Gasteiger partial charge in [-0.25, -0.2) is 13.4 Å². The Kier molecular flexibility index (Phi) is 4.75. The molecule has 1 N–H and O–H groups in total. The van der Waals surface area contributed by atoms with Gasteiger partial charge >= 0.3 is 0 Å². The Morgan fingerprint density at radius 1 is 1.15 bits per heavy atom. The lowest BCUT2D eigenvalue weighted by Crippen LogP contribution is -2.39. The van der Waals surface area contributed by atoms with Gasteiger partial charge in [-0.15, -0.1) is 0 Å². The van der Waals surface area contributed by atoms with Gasteiger partial charge in [0.05, 0.1) is 10.9 Å². The first-order chi connectivity index (χ1) is 13.1. The number of nitrogens with zero attached hydrogens (tertiary/aromatic N) is 4. The molecule has 4 rings (SSSR count). The molecule has 1 unspecified atom stereocenters. The van der Waals surface area contributed by atoms with Crippen LogP contribution in [0.1, 0.15) is 36.7 Å². The fourth-order valence-electron chi connectivity index (χ4n) is 3.49. The molecule has 3 aromatic rings. The zero-order valence-corrected chi connectivity index (χ0v) is 15.9. The van der Waals surface area contributed by atoms with Crippen molar-refractivity contribution in [3.05, 3.63) is 60.2 Å². The molecule has 0 bridgehead atoms. The molecular weight excluding hydrogens is 362 g/mol. The second-order valence-electron chi connectivity index (χ2n) is 6.68. The van der Waals surface area contributed by atoms with Crippen LogP contribution in [0, 0.1) is 6.92 Å². The van der Waals surface area contributed by atoms with E-state index in [2.05, 4.69) is 20.2 Å². The van der Waals surface area contributed by atoms with E-state index in [1.807, 2.05) is 31.2 Å². The standard InChI is InChI=1S/C19H21N5O2S/c1-14-7-2-3-10-17(14)27(25,26)24-12-5-4-9-16(24)19-21-18(22-23-19)15-8-6-11-20-13-15/h2-3,6-8,10-11,13,16H,4-5,9,12H2,1H3,(H,21,22,23). The van der Waals surface area contributed by atoms with Gasteiger partial charge in [0.25, 0.3) is 0 Å². The van der Waals surface area contributed by atoms with Gasteiger partial charge < -0.3 is 0 Å². The minimum atomic E-state index is -3.61. The summed E-state index contributed by atoms with van der Waals surface area (Å²) >= 11 is 0. The number of benzene rings is 1. The van der Waals surface area contributed by atoms with Crippen LogP contribution in [0.3, 0.4) is 0 Å². The number of piperidine rings is 1. The number of pyridine rings is 1. The lowest BCUT2D eigenvalue weighted by molar-refractivity contribution is 0.247. The second-order valence-corrected chi connectivity index (χ2v) is 8.54. The van der Waals surface area contributed by atoms with Gasteiger partial charge in [0.2, 0.25) is 10.0 Å². The Hall–Kier alpha value is -2.58. The summed E-state index contributed by atoms with van der Waals surface area (Å²) in [6.45, 7) is 2.30. The Bertz CT molecular complexity index is 1030. The molecule has 1 aliphatic rings. The maximum atomic E-state index is 13.3. The van der Waals surface area contributed by atoms with Crippen LogP contribution in [0.2, 0.25) is 0 Å². The lowest BCUT2D eigenvalue weighted by Gasteiger charge is -2.33. The SMILES string of the molecule is Cc1ccccc1S(=O)(=O)N1CCCCC1c1nc(-c2cccnc2)n[nH]1. The van der Waals surface area contributed by atoms with E-state index in [1.165, 1.54) is 0 Å². The zero-order chi connectivity index (χ0) is 18.9. The fraction of sp³-hybridized carbons (Fsp3) is 0.316. The third-order valence-electron chi connectivity index (χ3n) is 4.87. The molecule has 27 heavy (non-hydrogen) atoms. The van der Waals surface area contributed by atoms with Crippen molar-refractivity contribution in [3.63, 3.8) is 0 Å².